The third-order valence-electron chi connectivity index (χ3n) is 5.26. The van der Waals surface area contributed by atoms with Crippen molar-refractivity contribution >= 4 is 23.1 Å². The zero-order chi connectivity index (χ0) is 18.9. The van der Waals surface area contributed by atoms with Gasteiger partial charge in [0.25, 0.3) is 0 Å². The van der Waals surface area contributed by atoms with Crippen LogP contribution in [0.2, 0.25) is 5.02 Å². The van der Waals surface area contributed by atoms with Crippen molar-refractivity contribution < 1.29 is 4.79 Å². The van der Waals surface area contributed by atoms with Crippen LogP contribution in [-0.4, -0.2) is 24.6 Å². The highest BCUT2D eigenvalue weighted by atomic mass is 35.5. The SMILES string of the molecule is CC1=NC(C(=O)CCc2cccc(Cl)c2)=C1.CCC1CCNCCC1C. The lowest BCUT2D eigenvalue weighted by Crippen LogP contribution is -2.13. The summed E-state index contributed by atoms with van der Waals surface area (Å²) in [5.74, 6) is 2.03. The van der Waals surface area contributed by atoms with E-state index in [2.05, 4.69) is 24.2 Å². The highest BCUT2D eigenvalue weighted by Gasteiger charge is 2.17. The zero-order valence-corrected chi connectivity index (χ0v) is 17.0. The van der Waals surface area contributed by atoms with Crippen molar-refractivity contribution in [2.45, 2.75) is 52.9 Å². The van der Waals surface area contributed by atoms with Crippen LogP contribution in [0.25, 0.3) is 0 Å². The van der Waals surface area contributed by atoms with Gasteiger partial charge in [-0.3, -0.25) is 4.79 Å². The largest absolute Gasteiger partial charge is 0.317 e. The number of aryl methyl sites for hydroxylation is 1. The van der Waals surface area contributed by atoms with E-state index >= 15 is 0 Å². The van der Waals surface area contributed by atoms with Crippen LogP contribution in [0.5, 0.6) is 0 Å². The molecule has 0 radical (unpaired) electrons. The first kappa shape index (κ1) is 20.9. The molecule has 0 amide bonds. The van der Waals surface area contributed by atoms with Gasteiger partial charge in [0.15, 0.2) is 5.78 Å². The van der Waals surface area contributed by atoms with Crippen LogP contribution in [-0.2, 0) is 11.2 Å². The quantitative estimate of drug-likeness (QED) is 0.766. The van der Waals surface area contributed by atoms with Gasteiger partial charge in [0.1, 0.15) is 5.70 Å². The Kier molecular flexibility index (Phi) is 8.53. The topological polar surface area (TPSA) is 41.5 Å². The van der Waals surface area contributed by atoms with Crippen molar-refractivity contribution in [3.8, 4) is 0 Å². The first-order valence-corrected chi connectivity index (χ1v) is 10.1. The standard InChI is InChI=1S/C13H12ClNO.C9H19N/c1-9-7-12(15-9)13(16)6-5-10-3-2-4-11(14)8-10;1-3-9-5-7-10-6-4-8(9)2/h2-4,7-8H,5-6H2,1H3;8-10H,3-7H2,1-2H3. The zero-order valence-electron chi connectivity index (χ0n) is 16.2. The Morgan fingerprint density at radius 2 is 2.04 bits per heavy atom. The molecule has 2 heterocycles. The predicted molar refractivity (Wildman–Crippen MR) is 111 cm³/mol. The number of halogens is 1. The van der Waals surface area contributed by atoms with Gasteiger partial charge in [-0.2, -0.15) is 0 Å². The molecule has 0 aliphatic carbocycles. The van der Waals surface area contributed by atoms with E-state index in [9.17, 15) is 4.79 Å². The normalized spacial score (nSPS) is 22.2. The lowest BCUT2D eigenvalue weighted by Gasteiger charge is -2.18. The first-order chi connectivity index (χ1) is 12.5. The van der Waals surface area contributed by atoms with Gasteiger partial charge in [0.2, 0.25) is 0 Å². The second kappa shape index (κ2) is 10.6. The molecule has 0 saturated carbocycles. The molecule has 26 heavy (non-hydrogen) atoms. The van der Waals surface area contributed by atoms with Crippen LogP contribution in [0.4, 0.5) is 0 Å². The molecule has 2 aliphatic heterocycles. The maximum Gasteiger partial charge on any atom is 0.181 e. The number of nitrogens with one attached hydrogen (secondary N) is 1. The fraction of sp³-hybridized carbons (Fsp3) is 0.545. The molecule has 0 spiro atoms. The molecule has 1 N–H and O–H groups in total. The van der Waals surface area contributed by atoms with E-state index in [0.717, 1.165) is 23.1 Å². The van der Waals surface area contributed by atoms with Gasteiger partial charge in [0, 0.05) is 17.2 Å². The molecule has 1 aromatic carbocycles. The lowest BCUT2D eigenvalue weighted by molar-refractivity contribution is -0.115. The van der Waals surface area contributed by atoms with Crippen LogP contribution in [0.15, 0.2) is 41.0 Å². The van der Waals surface area contributed by atoms with Crippen LogP contribution < -0.4 is 5.32 Å². The molecular weight excluding hydrogens is 344 g/mol. The first-order valence-electron chi connectivity index (χ1n) is 9.75. The molecule has 2 aliphatic rings. The Hall–Kier alpha value is -1.45. The molecule has 0 bridgehead atoms. The summed E-state index contributed by atoms with van der Waals surface area (Å²) in [4.78, 5) is 15.7. The van der Waals surface area contributed by atoms with Gasteiger partial charge in [-0.1, -0.05) is 44.0 Å². The number of ketones is 1. The number of hydrogen-bond donors (Lipinski definition) is 1. The van der Waals surface area contributed by atoms with E-state index in [1.54, 1.807) is 0 Å². The van der Waals surface area contributed by atoms with Gasteiger partial charge in [-0.05, 0) is 74.9 Å². The fourth-order valence-corrected chi connectivity index (χ4v) is 3.69. The van der Waals surface area contributed by atoms with Gasteiger partial charge >= 0.3 is 0 Å². The molecule has 3 nitrogen and oxygen atoms in total. The number of allylic oxidation sites excluding steroid dienone is 2. The summed E-state index contributed by atoms with van der Waals surface area (Å²) >= 11 is 5.86. The van der Waals surface area contributed by atoms with E-state index in [0.29, 0.717) is 23.6 Å². The Morgan fingerprint density at radius 3 is 2.69 bits per heavy atom. The minimum atomic E-state index is 0.102. The average molecular weight is 375 g/mol. The van der Waals surface area contributed by atoms with Crippen molar-refractivity contribution in [2.75, 3.05) is 13.1 Å². The third-order valence-corrected chi connectivity index (χ3v) is 5.49. The second-order valence-corrected chi connectivity index (χ2v) is 7.75. The number of benzene rings is 1. The number of carbonyl (C=O) groups excluding carboxylic acids is 1. The van der Waals surface area contributed by atoms with Crippen molar-refractivity contribution in [1.29, 1.82) is 0 Å². The van der Waals surface area contributed by atoms with E-state index in [1.165, 1.54) is 32.4 Å². The Labute approximate surface area is 162 Å². The van der Waals surface area contributed by atoms with Gasteiger partial charge in [-0.15, -0.1) is 0 Å². The van der Waals surface area contributed by atoms with Crippen LogP contribution in [0.1, 0.15) is 52.0 Å². The Bertz CT molecular complexity index is 666. The Morgan fingerprint density at radius 1 is 1.31 bits per heavy atom. The minimum absolute atomic E-state index is 0.102. The molecule has 4 heteroatoms. The van der Waals surface area contributed by atoms with E-state index in [4.69, 9.17) is 11.6 Å². The highest BCUT2D eigenvalue weighted by molar-refractivity contribution is 6.30. The molecule has 1 aromatic rings. The highest BCUT2D eigenvalue weighted by Crippen LogP contribution is 2.23. The summed E-state index contributed by atoms with van der Waals surface area (Å²) in [6.07, 6.45) is 7.15. The summed E-state index contributed by atoms with van der Waals surface area (Å²) < 4.78 is 0. The van der Waals surface area contributed by atoms with Crippen molar-refractivity contribution in [3.63, 3.8) is 0 Å². The second-order valence-electron chi connectivity index (χ2n) is 7.31. The monoisotopic (exact) mass is 374 g/mol. The number of Topliss-reactive ketones (excluding diaryl/α,β-unsaturated/α-hetero) is 1. The fourth-order valence-electron chi connectivity index (χ4n) is 3.48. The number of nitrogens with zero attached hydrogens (tertiary/aromatic N) is 1. The van der Waals surface area contributed by atoms with Gasteiger partial charge < -0.3 is 5.32 Å². The van der Waals surface area contributed by atoms with Gasteiger partial charge in [0.05, 0.1) is 0 Å². The van der Waals surface area contributed by atoms with Crippen LogP contribution in [0.3, 0.4) is 0 Å². The maximum atomic E-state index is 11.6. The molecule has 0 aromatic heterocycles. The summed E-state index contributed by atoms with van der Waals surface area (Å²) in [7, 11) is 0. The van der Waals surface area contributed by atoms with Crippen LogP contribution in [0, 0.1) is 11.8 Å². The molecule has 1 saturated heterocycles. The summed E-state index contributed by atoms with van der Waals surface area (Å²) in [5.41, 5.74) is 2.60. The lowest BCUT2D eigenvalue weighted by atomic mass is 9.88. The number of aliphatic imine (C=N–C) groups is 1. The van der Waals surface area contributed by atoms with Gasteiger partial charge in [-0.25, -0.2) is 4.99 Å². The molecule has 142 valence electrons. The molecular formula is C22H31ClN2O. The summed E-state index contributed by atoms with van der Waals surface area (Å²) in [6, 6.07) is 7.59. The van der Waals surface area contributed by atoms with Crippen molar-refractivity contribution in [2.24, 2.45) is 16.8 Å². The molecule has 2 atom stereocenters. The van der Waals surface area contributed by atoms with E-state index < -0.39 is 0 Å². The maximum absolute atomic E-state index is 11.6. The Balaban J connectivity index is 0.000000209. The number of hydrogen-bond acceptors (Lipinski definition) is 3. The smallest absolute Gasteiger partial charge is 0.181 e. The number of rotatable bonds is 5. The molecule has 1 fully saturated rings. The minimum Gasteiger partial charge on any atom is -0.317 e. The molecule has 2 unspecified atom stereocenters. The van der Waals surface area contributed by atoms with E-state index in [1.807, 2.05) is 37.3 Å². The summed E-state index contributed by atoms with van der Waals surface area (Å²) in [6.45, 7) is 9.06. The van der Waals surface area contributed by atoms with Crippen molar-refractivity contribution in [3.05, 3.63) is 46.6 Å². The average Bonchev–Trinajstić information content (AvgIpc) is 2.81. The summed E-state index contributed by atoms with van der Waals surface area (Å²) in [5, 5.41) is 4.15. The third kappa shape index (κ3) is 6.69. The van der Waals surface area contributed by atoms with E-state index in [-0.39, 0.29) is 5.78 Å². The van der Waals surface area contributed by atoms with Crippen molar-refractivity contribution in [1.82, 2.24) is 5.32 Å². The number of carbonyl (C=O) groups is 1. The predicted octanol–water partition coefficient (Wildman–Crippen LogP) is 5.23. The molecule has 3 rings (SSSR count). The van der Waals surface area contributed by atoms with Crippen LogP contribution >= 0.6 is 11.6 Å².